The zero-order valence-electron chi connectivity index (χ0n) is 24.3. The molecule has 0 radical (unpaired) electrons. The van der Waals surface area contributed by atoms with Crippen molar-refractivity contribution in [1.82, 2.24) is 34.3 Å². The average Bonchev–Trinajstić information content (AvgIpc) is 3.59. The van der Waals surface area contributed by atoms with Crippen molar-refractivity contribution in [3.8, 4) is 34.5 Å². The minimum atomic E-state index is 0.599. The van der Waals surface area contributed by atoms with Crippen LogP contribution >= 0.6 is 0 Å². The molecule has 7 heteroatoms. The van der Waals surface area contributed by atoms with Crippen LogP contribution in [0.25, 0.3) is 51.0 Å². The Morgan fingerprint density at radius 1 is 0.756 bits per heavy atom. The fourth-order valence-electron chi connectivity index (χ4n) is 4.65. The summed E-state index contributed by atoms with van der Waals surface area (Å²) in [5.41, 5.74) is 6.78. The van der Waals surface area contributed by atoms with E-state index < -0.39 is 0 Å². The highest BCUT2D eigenvalue weighted by Gasteiger charge is 2.20. The SMILES string of the molecule is C=C(C)c1c(C)c2ccccc2n1-c1ccc(-n2c(-c3ccccn3)nnc2-c2ccccn2)nc1.C=CC.CC. The number of rotatable bonds is 5. The maximum atomic E-state index is 4.86. The number of fused-ring (bicyclic) bond motifs is 1. The Kier molecular flexibility index (Phi) is 9.32. The predicted octanol–water partition coefficient (Wildman–Crippen LogP) is 8.29. The summed E-state index contributed by atoms with van der Waals surface area (Å²) in [6, 6.07) is 23.8. The number of benzene rings is 1. The van der Waals surface area contributed by atoms with Gasteiger partial charge in [0.25, 0.3) is 0 Å². The van der Waals surface area contributed by atoms with Gasteiger partial charge in [0.15, 0.2) is 11.6 Å². The summed E-state index contributed by atoms with van der Waals surface area (Å²) in [4.78, 5) is 13.8. The van der Waals surface area contributed by atoms with Crippen LogP contribution in [0.4, 0.5) is 0 Å². The lowest BCUT2D eigenvalue weighted by atomic mass is 10.1. The van der Waals surface area contributed by atoms with E-state index >= 15 is 0 Å². The van der Waals surface area contributed by atoms with E-state index in [1.54, 1.807) is 18.5 Å². The molecule has 6 rings (SSSR count). The van der Waals surface area contributed by atoms with Crippen LogP contribution in [0, 0.1) is 6.92 Å². The van der Waals surface area contributed by atoms with Crippen LogP contribution in [0.5, 0.6) is 0 Å². The third kappa shape index (κ3) is 5.75. The first-order valence-corrected chi connectivity index (χ1v) is 13.6. The van der Waals surface area contributed by atoms with E-state index in [2.05, 4.69) is 75.1 Å². The molecule has 206 valence electrons. The quantitative estimate of drug-likeness (QED) is 0.205. The van der Waals surface area contributed by atoms with Crippen LogP contribution in [0.3, 0.4) is 0 Å². The highest BCUT2D eigenvalue weighted by Crippen LogP contribution is 2.33. The van der Waals surface area contributed by atoms with Gasteiger partial charge in [-0.05, 0) is 74.4 Å². The highest BCUT2D eigenvalue weighted by atomic mass is 15.3. The van der Waals surface area contributed by atoms with Gasteiger partial charge in [0.1, 0.15) is 17.2 Å². The van der Waals surface area contributed by atoms with Crippen LogP contribution in [0.2, 0.25) is 0 Å². The molecule has 1 aromatic carbocycles. The Bertz CT molecular complexity index is 1690. The fraction of sp³-hybridized carbons (Fsp3) is 0.147. The summed E-state index contributed by atoms with van der Waals surface area (Å²) < 4.78 is 4.11. The standard InChI is InChI=1S/C29H23N7.C3H6.C2H6/c1-19(2)27-20(3)22-10-4-5-13-25(22)35(27)21-14-15-26(32-18-21)36-28(23-11-6-8-16-30-23)33-34-29(36)24-12-7-9-17-31-24;1-3-2;1-2/h4-18H,1H2,2-3H3;3H,1H2,2H3;1-2H3. The number of hydrogen-bond donors (Lipinski definition) is 0. The third-order valence-electron chi connectivity index (χ3n) is 6.20. The zero-order chi connectivity index (χ0) is 29.4. The van der Waals surface area contributed by atoms with Gasteiger partial charge >= 0.3 is 0 Å². The summed E-state index contributed by atoms with van der Waals surface area (Å²) >= 11 is 0. The molecule has 0 aliphatic heterocycles. The van der Waals surface area contributed by atoms with Crippen molar-refractivity contribution in [2.45, 2.75) is 34.6 Å². The van der Waals surface area contributed by atoms with Gasteiger partial charge in [-0.15, -0.1) is 16.8 Å². The van der Waals surface area contributed by atoms with E-state index in [1.807, 2.05) is 80.9 Å². The number of nitrogens with zero attached hydrogens (tertiary/aromatic N) is 7. The van der Waals surface area contributed by atoms with Gasteiger partial charge in [-0.3, -0.25) is 14.5 Å². The minimum Gasteiger partial charge on any atom is -0.308 e. The lowest BCUT2D eigenvalue weighted by molar-refractivity contribution is 0.975. The smallest absolute Gasteiger partial charge is 0.188 e. The summed E-state index contributed by atoms with van der Waals surface area (Å²) in [7, 11) is 0. The molecule has 0 atom stereocenters. The van der Waals surface area contributed by atoms with Crippen molar-refractivity contribution in [1.29, 1.82) is 0 Å². The summed E-state index contributed by atoms with van der Waals surface area (Å²) in [6.07, 6.45) is 7.10. The van der Waals surface area contributed by atoms with Crippen molar-refractivity contribution in [2.75, 3.05) is 0 Å². The fourth-order valence-corrected chi connectivity index (χ4v) is 4.65. The second-order valence-electron chi connectivity index (χ2n) is 9.00. The molecule has 0 unspecified atom stereocenters. The third-order valence-corrected chi connectivity index (χ3v) is 6.20. The van der Waals surface area contributed by atoms with Gasteiger partial charge in [0, 0.05) is 17.8 Å². The maximum absolute atomic E-state index is 4.86. The Morgan fingerprint density at radius 2 is 1.32 bits per heavy atom. The van der Waals surface area contributed by atoms with E-state index in [0.717, 1.165) is 22.5 Å². The van der Waals surface area contributed by atoms with Crippen molar-refractivity contribution in [3.63, 3.8) is 0 Å². The molecular formula is C34H35N7. The van der Waals surface area contributed by atoms with Crippen LogP contribution in [-0.4, -0.2) is 34.3 Å². The number of hydrogen-bond acceptors (Lipinski definition) is 5. The van der Waals surface area contributed by atoms with Crippen molar-refractivity contribution in [3.05, 3.63) is 122 Å². The van der Waals surface area contributed by atoms with E-state index in [-0.39, 0.29) is 0 Å². The molecule has 0 saturated heterocycles. The molecule has 0 N–H and O–H groups in total. The van der Waals surface area contributed by atoms with Gasteiger partial charge in [0.05, 0.1) is 23.1 Å². The molecule has 0 aliphatic carbocycles. The van der Waals surface area contributed by atoms with Gasteiger partial charge < -0.3 is 4.57 Å². The molecule has 0 saturated carbocycles. The molecule has 0 aliphatic rings. The molecule has 0 bridgehead atoms. The molecule has 5 aromatic heterocycles. The topological polar surface area (TPSA) is 74.3 Å². The Hall–Kier alpha value is -5.17. The molecule has 0 fully saturated rings. The van der Waals surface area contributed by atoms with Gasteiger partial charge in [-0.25, -0.2) is 4.98 Å². The molecule has 7 nitrogen and oxygen atoms in total. The van der Waals surface area contributed by atoms with E-state index in [4.69, 9.17) is 4.98 Å². The average molecular weight is 542 g/mol. The van der Waals surface area contributed by atoms with Crippen LogP contribution < -0.4 is 0 Å². The predicted molar refractivity (Wildman–Crippen MR) is 169 cm³/mol. The summed E-state index contributed by atoms with van der Waals surface area (Å²) in [5, 5.41) is 10.1. The largest absolute Gasteiger partial charge is 0.308 e. The molecule has 0 amide bonds. The van der Waals surface area contributed by atoms with Gasteiger partial charge in [-0.1, -0.05) is 56.8 Å². The van der Waals surface area contributed by atoms with Crippen molar-refractivity contribution >= 4 is 16.5 Å². The number of allylic oxidation sites excluding steroid dienone is 2. The maximum Gasteiger partial charge on any atom is 0.188 e. The van der Waals surface area contributed by atoms with Crippen molar-refractivity contribution in [2.24, 2.45) is 0 Å². The van der Waals surface area contributed by atoms with E-state index in [0.29, 0.717) is 28.9 Å². The molecule has 41 heavy (non-hydrogen) atoms. The van der Waals surface area contributed by atoms with Gasteiger partial charge in [-0.2, -0.15) is 0 Å². The highest BCUT2D eigenvalue weighted by molar-refractivity contribution is 5.91. The van der Waals surface area contributed by atoms with Crippen LogP contribution in [-0.2, 0) is 0 Å². The monoisotopic (exact) mass is 541 g/mol. The first-order chi connectivity index (χ1) is 20.0. The number of para-hydroxylation sites is 1. The normalized spacial score (nSPS) is 10.3. The van der Waals surface area contributed by atoms with Crippen molar-refractivity contribution < 1.29 is 0 Å². The second kappa shape index (κ2) is 13.3. The summed E-state index contributed by atoms with van der Waals surface area (Å²) in [5.74, 6) is 1.87. The number of aryl methyl sites for hydroxylation is 1. The van der Waals surface area contributed by atoms with Crippen LogP contribution in [0.15, 0.2) is 111 Å². The number of pyridine rings is 3. The van der Waals surface area contributed by atoms with Gasteiger partial charge in [0.2, 0.25) is 0 Å². The Morgan fingerprint density at radius 3 is 1.80 bits per heavy atom. The molecular weight excluding hydrogens is 506 g/mol. The lowest BCUT2D eigenvalue weighted by Gasteiger charge is -2.13. The lowest BCUT2D eigenvalue weighted by Crippen LogP contribution is -2.06. The Balaban J connectivity index is 0.000000728. The zero-order valence-corrected chi connectivity index (χ0v) is 24.3. The summed E-state index contributed by atoms with van der Waals surface area (Å²) in [6.45, 7) is 17.7. The second-order valence-corrected chi connectivity index (χ2v) is 9.00. The Labute approximate surface area is 241 Å². The van der Waals surface area contributed by atoms with Crippen LogP contribution in [0.1, 0.15) is 39.0 Å². The molecule has 0 spiro atoms. The van der Waals surface area contributed by atoms with E-state index in [1.165, 1.54) is 10.9 Å². The first-order valence-electron chi connectivity index (χ1n) is 13.6. The minimum absolute atomic E-state index is 0.599. The first kappa shape index (κ1) is 28.8. The molecule has 5 heterocycles. The van der Waals surface area contributed by atoms with E-state index in [9.17, 15) is 0 Å². The molecule has 6 aromatic rings. The number of aromatic nitrogens is 7.